The van der Waals surface area contributed by atoms with Gasteiger partial charge in [0.2, 0.25) is 5.82 Å². The minimum atomic E-state index is -2.35. The maximum Gasteiger partial charge on any atom is 0.261 e. The lowest BCUT2D eigenvalue weighted by Gasteiger charge is -2.37. The first-order valence-corrected chi connectivity index (χ1v) is 13.0. The number of aliphatic hydroxyl groups is 2. The van der Waals surface area contributed by atoms with Crippen LogP contribution in [0, 0.1) is 29.1 Å². The van der Waals surface area contributed by atoms with Crippen LogP contribution < -0.4 is 5.32 Å². The third-order valence-electron chi connectivity index (χ3n) is 7.20. The highest BCUT2D eigenvalue weighted by atomic mass is 19.2. The van der Waals surface area contributed by atoms with Crippen molar-refractivity contribution in [2.75, 3.05) is 25.0 Å². The van der Waals surface area contributed by atoms with Crippen molar-refractivity contribution in [3.8, 4) is 0 Å². The number of benzene rings is 3. The molecule has 0 aliphatic carbocycles. The lowest BCUT2D eigenvalue weighted by atomic mass is 9.99. The van der Waals surface area contributed by atoms with Crippen molar-refractivity contribution in [3.05, 3.63) is 99.9 Å². The first-order valence-electron chi connectivity index (χ1n) is 13.0. The molecule has 2 heterocycles. The van der Waals surface area contributed by atoms with Gasteiger partial charge in [0.05, 0.1) is 24.9 Å². The molecule has 2 aliphatic heterocycles. The largest absolute Gasteiger partial charge is 0.392 e. The summed E-state index contributed by atoms with van der Waals surface area (Å²) in [6, 6.07) is 13.2. The molecule has 41 heavy (non-hydrogen) atoms. The molecule has 2 aliphatic rings. The van der Waals surface area contributed by atoms with Crippen molar-refractivity contribution in [3.63, 3.8) is 0 Å². The Morgan fingerprint density at radius 1 is 0.878 bits per heavy atom. The van der Waals surface area contributed by atoms with E-state index in [1.165, 1.54) is 12.1 Å². The number of hydrogen-bond acceptors (Lipinski definition) is 6. The van der Waals surface area contributed by atoms with Crippen LogP contribution in [0.4, 0.5) is 27.6 Å². The summed E-state index contributed by atoms with van der Waals surface area (Å²) in [5.41, 5.74) is 0.645. The number of rotatable bonds is 7. The normalized spacial score (nSPS) is 23.1. The number of ether oxygens (including phenoxy) is 2. The van der Waals surface area contributed by atoms with Gasteiger partial charge in [0.1, 0.15) is 5.56 Å². The molecule has 0 spiro atoms. The van der Waals surface area contributed by atoms with Gasteiger partial charge in [-0.2, -0.15) is 0 Å². The van der Waals surface area contributed by atoms with Gasteiger partial charge in [0, 0.05) is 37.3 Å². The Morgan fingerprint density at radius 2 is 1.49 bits per heavy atom. The van der Waals surface area contributed by atoms with E-state index in [-0.39, 0.29) is 30.6 Å². The molecule has 3 N–H and O–H groups in total. The molecule has 0 radical (unpaired) electrons. The van der Waals surface area contributed by atoms with Crippen molar-refractivity contribution < 1.29 is 46.4 Å². The van der Waals surface area contributed by atoms with Crippen molar-refractivity contribution in [1.29, 1.82) is 0 Å². The van der Waals surface area contributed by atoms with E-state index < -0.39 is 46.8 Å². The van der Waals surface area contributed by atoms with Gasteiger partial charge < -0.3 is 25.0 Å². The number of hydrogen-bond donors (Lipinski definition) is 3. The number of anilines is 1. The van der Waals surface area contributed by atoms with E-state index in [0.29, 0.717) is 31.5 Å². The van der Waals surface area contributed by atoms with Crippen molar-refractivity contribution >= 4 is 11.6 Å². The summed E-state index contributed by atoms with van der Waals surface area (Å²) in [5, 5.41) is 21.4. The SMILES string of the molecule is O=C(Nc1ccc([C@@H]2O[C@H](CN3CC[C@H](O)C3)C[C@H](c3ccc(CO)cc3)O2)cc1)c1c(F)c(F)c(F)c(F)c1F. The van der Waals surface area contributed by atoms with Crippen molar-refractivity contribution in [2.24, 2.45) is 0 Å². The zero-order valence-corrected chi connectivity index (χ0v) is 21.6. The van der Waals surface area contributed by atoms with Crippen LogP contribution in [0.3, 0.4) is 0 Å². The number of likely N-dealkylation sites (tertiary alicyclic amines) is 1. The van der Waals surface area contributed by atoms with Crippen LogP contribution in [0.15, 0.2) is 48.5 Å². The molecule has 218 valence electrons. The van der Waals surface area contributed by atoms with Gasteiger partial charge in [-0.1, -0.05) is 36.4 Å². The summed E-state index contributed by atoms with van der Waals surface area (Å²) in [6.07, 6.45) is -0.610. The number of nitrogens with one attached hydrogen (secondary N) is 1. The first-order chi connectivity index (χ1) is 19.6. The number of β-amino-alcohol motifs (C(OH)–C–C–N with tert-alkyl or cyclic N) is 1. The van der Waals surface area contributed by atoms with E-state index in [9.17, 15) is 37.0 Å². The summed E-state index contributed by atoms with van der Waals surface area (Å²) in [4.78, 5) is 14.5. The molecule has 7 nitrogen and oxygen atoms in total. The van der Waals surface area contributed by atoms with Crippen LogP contribution in [0.5, 0.6) is 0 Å². The zero-order valence-electron chi connectivity index (χ0n) is 21.6. The lowest BCUT2D eigenvalue weighted by molar-refractivity contribution is -0.252. The Balaban J connectivity index is 1.33. The highest BCUT2D eigenvalue weighted by Gasteiger charge is 2.35. The molecular formula is C29H27F5N2O5. The number of carbonyl (C=O) groups is 1. The van der Waals surface area contributed by atoms with Crippen LogP contribution in [-0.2, 0) is 16.1 Å². The van der Waals surface area contributed by atoms with Crippen molar-refractivity contribution in [2.45, 2.75) is 44.1 Å². The Hall–Kier alpha value is -3.42. The Morgan fingerprint density at radius 3 is 2.07 bits per heavy atom. The fourth-order valence-electron chi connectivity index (χ4n) is 5.02. The summed E-state index contributed by atoms with van der Waals surface area (Å²) in [7, 11) is 0. The summed E-state index contributed by atoms with van der Waals surface area (Å²) in [5.74, 6) is -12.7. The second-order valence-electron chi connectivity index (χ2n) is 10.1. The van der Waals surface area contributed by atoms with Crippen LogP contribution in [0.2, 0.25) is 0 Å². The van der Waals surface area contributed by atoms with E-state index in [1.807, 2.05) is 12.1 Å². The van der Waals surface area contributed by atoms with E-state index >= 15 is 0 Å². The molecule has 4 atom stereocenters. The molecule has 0 bridgehead atoms. The van der Waals surface area contributed by atoms with Crippen LogP contribution in [-0.4, -0.2) is 52.9 Å². The molecule has 3 aromatic rings. The molecule has 2 saturated heterocycles. The van der Waals surface area contributed by atoms with Gasteiger partial charge in [-0.15, -0.1) is 0 Å². The third-order valence-corrected chi connectivity index (χ3v) is 7.20. The predicted molar refractivity (Wildman–Crippen MR) is 136 cm³/mol. The van der Waals surface area contributed by atoms with E-state index in [1.54, 1.807) is 24.3 Å². The minimum absolute atomic E-state index is 0.0391. The standard InChI is InChI=1S/C29H27F5N2O5/c30-23-22(24(31)26(33)27(34)25(23)32)28(39)35-18-7-5-17(6-8-18)29-40-20(13-36-10-9-19(38)12-36)11-21(41-29)16-3-1-15(14-37)2-4-16/h1-8,19-21,29,37-38H,9-14H2,(H,35,39)/t19-,20-,21+,29+/m0/s1. The maximum atomic E-state index is 14.0. The smallest absolute Gasteiger partial charge is 0.261 e. The molecular weight excluding hydrogens is 551 g/mol. The number of nitrogens with zero attached hydrogens (tertiary/aromatic N) is 1. The average molecular weight is 579 g/mol. The van der Waals surface area contributed by atoms with Crippen molar-refractivity contribution in [1.82, 2.24) is 4.90 Å². The fourth-order valence-corrected chi connectivity index (χ4v) is 5.02. The number of aliphatic hydroxyl groups excluding tert-OH is 2. The molecule has 0 unspecified atom stereocenters. The summed E-state index contributed by atoms with van der Waals surface area (Å²) >= 11 is 0. The Bertz CT molecular complexity index is 1380. The van der Waals surface area contributed by atoms with Gasteiger partial charge in [-0.3, -0.25) is 9.69 Å². The molecule has 2 fully saturated rings. The molecule has 0 saturated carbocycles. The quantitative estimate of drug-likeness (QED) is 0.213. The highest BCUT2D eigenvalue weighted by molar-refractivity contribution is 6.04. The number of halogens is 5. The van der Waals surface area contributed by atoms with E-state index in [4.69, 9.17) is 9.47 Å². The van der Waals surface area contributed by atoms with Gasteiger partial charge in [0.25, 0.3) is 5.91 Å². The van der Waals surface area contributed by atoms with Gasteiger partial charge >= 0.3 is 0 Å². The number of carbonyl (C=O) groups excluding carboxylic acids is 1. The fraction of sp³-hybridized carbons (Fsp3) is 0.345. The van der Waals surface area contributed by atoms with Gasteiger partial charge in [-0.05, 0) is 29.7 Å². The van der Waals surface area contributed by atoms with E-state index in [0.717, 1.165) is 17.7 Å². The summed E-state index contributed by atoms with van der Waals surface area (Å²) < 4.78 is 81.0. The lowest BCUT2D eigenvalue weighted by Crippen LogP contribution is -2.38. The van der Waals surface area contributed by atoms with Crippen LogP contribution in [0.1, 0.15) is 52.3 Å². The zero-order chi connectivity index (χ0) is 29.3. The topological polar surface area (TPSA) is 91.3 Å². The van der Waals surface area contributed by atoms with E-state index in [2.05, 4.69) is 10.2 Å². The third kappa shape index (κ3) is 6.26. The molecule has 5 rings (SSSR count). The average Bonchev–Trinajstić information content (AvgIpc) is 3.39. The van der Waals surface area contributed by atoms with Gasteiger partial charge in [0.15, 0.2) is 29.6 Å². The van der Waals surface area contributed by atoms with Gasteiger partial charge in [-0.25, -0.2) is 22.0 Å². The maximum absolute atomic E-state index is 14.0. The number of amides is 1. The van der Waals surface area contributed by atoms with Crippen LogP contribution in [0.25, 0.3) is 0 Å². The highest BCUT2D eigenvalue weighted by Crippen LogP contribution is 2.38. The molecule has 3 aromatic carbocycles. The second kappa shape index (κ2) is 12.2. The first kappa shape index (κ1) is 29.1. The van der Waals surface area contributed by atoms with Crippen LogP contribution >= 0.6 is 0 Å². The molecule has 12 heteroatoms. The second-order valence-corrected chi connectivity index (χ2v) is 10.1. The minimum Gasteiger partial charge on any atom is -0.392 e. The predicted octanol–water partition coefficient (Wildman–Crippen LogP) is 4.74. The summed E-state index contributed by atoms with van der Waals surface area (Å²) in [6.45, 7) is 1.75. The molecule has 0 aromatic heterocycles. The Labute approximate surface area is 232 Å². The monoisotopic (exact) mass is 578 g/mol. The Kier molecular flexibility index (Phi) is 8.66. The molecule has 1 amide bonds.